The molecule has 4 heterocycles. The van der Waals surface area contributed by atoms with Crippen molar-refractivity contribution >= 4 is 28.5 Å². The maximum atomic E-state index is 12.9. The van der Waals surface area contributed by atoms with Crippen LogP contribution in [0.15, 0.2) is 70.1 Å². The van der Waals surface area contributed by atoms with Crippen molar-refractivity contribution in [2.45, 2.75) is 43.0 Å². The fourth-order valence-electron chi connectivity index (χ4n) is 4.76. The normalized spacial score (nSPS) is 28.1. The number of carbonyl (C=O) groups is 2. The summed E-state index contributed by atoms with van der Waals surface area (Å²) in [4.78, 5) is 55.5. The number of carbonyl (C=O) groups excluding carboxylic acids is 2. The molecular weight excluding hydrogens is 558 g/mol. The van der Waals surface area contributed by atoms with Gasteiger partial charge in [0.1, 0.15) is 30.2 Å². The summed E-state index contributed by atoms with van der Waals surface area (Å²) in [5, 5.41) is 45.0. The van der Waals surface area contributed by atoms with Gasteiger partial charge in [0.2, 0.25) is 12.2 Å². The number of aliphatic hydroxyl groups is 4. The summed E-state index contributed by atoms with van der Waals surface area (Å²) in [7, 11) is 0. The van der Waals surface area contributed by atoms with E-state index < -0.39 is 84.4 Å². The molecule has 0 bridgehead atoms. The molecule has 222 valence electrons. The second kappa shape index (κ2) is 11.8. The highest BCUT2D eigenvalue weighted by Gasteiger charge is 2.51. The molecule has 0 radical (unpaired) electrons. The number of aliphatic hydroxyl groups excluding tert-OH is 4. The maximum absolute atomic E-state index is 12.9. The van der Waals surface area contributed by atoms with E-state index in [1.165, 1.54) is 0 Å². The van der Waals surface area contributed by atoms with Gasteiger partial charge in [-0.3, -0.25) is 23.9 Å². The first-order chi connectivity index (χ1) is 20.1. The van der Waals surface area contributed by atoms with Gasteiger partial charge in [-0.25, -0.2) is 9.78 Å². The molecule has 1 saturated heterocycles. The maximum Gasteiger partial charge on any atom is 0.330 e. The van der Waals surface area contributed by atoms with Gasteiger partial charge in [0, 0.05) is 23.6 Å². The molecule has 0 unspecified atom stereocenters. The summed E-state index contributed by atoms with van der Waals surface area (Å²) in [5.41, 5.74) is 4.49. The van der Waals surface area contributed by atoms with E-state index in [4.69, 9.17) is 19.9 Å². The molecule has 8 atom stereocenters. The third-order valence-electron chi connectivity index (χ3n) is 6.90. The van der Waals surface area contributed by atoms with Crippen molar-refractivity contribution in [2.24, 2.45) is 11.7 Å². The molecule has 0 aliphatic carbocycles. The Balaban J connectivity index is 1.34. The number of nitrogens with one attached hydrogen (secondary N) is 2. The van der Waals surface area contributed by atoms with Gasteiger partial charge in [-0.1, -0.05) is 18.2 Å². The lowest BCUT2D eigenvalue weighted by molar-refractivity contribution is -0.239. The SMILES string of the molecule is NC(=O)[C@H](O[C@H]1OC(C(=O)Nc2ccc3ccccc3n2)=C[C@H](O)[C@@H]1O)[C@H]1O[C@@H](n2ccc(=O)[nH]c2=O)[C@H](O)[C@@H]1CO. The van der Waals surface area contributed by atoms with E-state index in [0.717, 1.165) is 28.3 Å². The number of para-hydroxylation sites is 1. The first-order valence-electron chi connectivity index (χ1n) is 12.7. The number of nitrogens with zero attached hydrogens (tertiary/aromatic N) is 2. The van der Waals surface area contributed by atoms with Crippen molar-refractivity contribution in [3.05, 3.63) is 81.3 Å². The van der Waals surface area contributed by atoms with Crippen LogP contribution in [0.25, 0.3) is 10.9 Å². The number of hydrogen-bond acceptors (Lipinski definition) is 12. The minimum absolute atomic E-state index is 0.166. The Labute approximate surface area is 235 Å². The summed E-state index contributed by atoms with van der Waals surface area (Å²) in [5.74, 6) is -3.58. The van der Waals surface area contributed by atoms with Gasteiger partial charge >= 0.3 is 5.69 Å². The Morgan fingerprint density at radius 2 is 1.88 bits per heavy atom. The van der Waals surface area contributed by atoms with Crippen LogP contribution in [0.1, 0.15) is 6.23 Å². The van der Waals surface area contributed by atoms with E-state index in [9.17, 15) is 39.6 Å². The topological polar surface area (TPSA) is 249 Å². The standard InChI is InChI=1S/C26H27N5O11/c27-22(37)21(20-12(10-32)18(35)24(41-20)31-8-7-17(34)30-26(31)39)42-25-19(36)14(33)9-15(40-25)23(38)29-16-6-5-11-3-1-2-4-13(11)28-16/h1-9,12,14,18-21,24-25,32-33,35-36H,10H2,(H2,27,37)(H,28,29,38)(H,30,34,39)/t12-,14-,18+,19-,20-,21+,24+,25+/m0/s1. The predicted octanol–water partition coefficient (Wildman–Crippen LogP) is -2.58. The lowest BCUT2D eigenvalue weighted by Crippen LogP contribution is -2.52. The fourth-order valence-corrected chi connectivity index (χ4v) is 4.76. The molecule has 0 spiro atoms. The monoisotopic (exact) mass is 585 g/mol. The van der Waals surface area contributed by atoms with E-state index in [0.29, 0.717) is 5.52 Å². The molecule has 2 aliphatic heterocycles. The van der Waals surface area contributed by atoms with Gasteiger partial charge in [0.25, 0.3) is 11.5 Å². The molecule has 42 heavy (non-hydrogen) atoms. The van der Waals surface area contributed by atoms with Gasteiger partial charge < -0.3 is 45.7 Å². The van der Waals surface area contributed by atoms with Crippen molar-refractivity contribution in [3.8, 4) is 0 Å². The second-order valence-electron chi connectivity index (χ2n) is 9.65. The van der Waals surface area contributed by atoms with Crippen LogP contribution in [0.4, 0.5) is 5.82 Å². The third-order valence-corrected chi connectivity index (χ3v) is 6.90. The van der Waals surface area contributed by atoms with E-state index in [2.05, 4.69) is 10.3 Å². The van der Waals surface area contributed by atoms with Gasteiger partial charge in [-0.2, -0.15) is 0 Å². The zero-order chi connectivity index (χ0) is 30.1. The molecule has 8 N–H and O–H groups in total. The van der Waals surface area contributed by atoms with Crippen LogP contribution >= 0.6 is 0 Å². The van der Waals surface area contributed by atoms with Crippen LogP contribution < -0.4 is 22.3 Å². The largest absolute Gasteiger partial charge is 0.456 e. The van der Waals surface area contributed by atoms with Gasteiger partial charge in [0.05, 0.1) is 12.1 Å². The number of nitrogens with two attached hydrogens (primary N) is 1. The fraction of sp³-hybridized carbons (Fsp3) is 0.346. The zero-order valence-electron chi connectivity index (χ0n) is 21.6. The second-order valence-corrected chi connectivity index (χ2v) is 9.65. The molecular formula is C26H27N5O11. The summed E-state index contributed by atoms with van der Waals surface area (Å²) in [6.45, 7) is -0.753. The van der Waals surface area contributed by atoms with E-state index in [-0.39, 0.29) is 5.82 Å². The van der Waals surface area contributed by atoms with Gasteiger partial charge in [-0.15, -0.1) is 0 Å². The number of primary amides is 1. The summed E-state index contributed by atoms with van der Waals surface area (Å²) >= 11 is 0. The van der Waals surface area contributed by atoms with Gasteiger partial charge in [-0.05, 0) is 24.3 Å². The molecule has 16 nitrogen and oxygen atoms in total. The van der Waals surface area contributed by atoms with Crippen LogP contribution in [0, 0.1) is 5.92 Å². The average Bonchev–Trinajstić information content (AvgIpc) is 3.28. The predicted molar refractivity (Wildman–Crippen MR) is 141 cm³/mol. The molecule has 3 aromatic rings. The average molecular weight is 586 g/mol. The van der Waals surface area contributed by atoms with Crippen molar-refractivity contribution in [1.82, 2.24) is 14.5 Å². The number of amides is 2. The number of aromatic amines is 1. The molecule has 5 rings (SSSR count). The molecule has 16 heteroatoms. The molecule has 2 aromatic heterocycles. The van der Waals surface area contributed by atoms with Crippen molar-refractivity contribution in [3.63, 3.8) is 0 Å². The molecule has 1 fully saturated rings. The highest BCUT2D eigenvalue weighted by atomic mass is 16.7. The van der Waals surface area contributed by atoms with E-state index in [1.807, 2.05) is 17.1 Å². The van der Waals surface area contributed by atoms with Crippen molar-refractivity contribution in [2.75, 3.05) is 11.9 Å². The Hall–Kier alpha value is -4.45. The number of fused-ring (bicyclic) bond motifs is 1. The van der Waals surface area contributed by atoms with Crippen molar-refractivity contribution < 1.29 is 44.2 Å². The highest BCUT2D eigenvalue weighted by molar-refractivity contribution is 6.02. The summed E-state index contributed by atoms with van der Waals surface area (Å²) in [6, 6.07) is 11.5. The van der Waals surface area contributed by atoms with Gasteiger partial charge in [0.15, 0.2) is 18.1 Å². The lowest BCUT2D eigenvalue weighted by Gasteiger charge is -2.35. The molecule has 2 aliphatic rings. The number of hydrogen-bond donors (Lipinski definition) is 7. The number of anilines is 1. The first kappa shape index (κ1) is 29.1. The van der Waals surface area contributed by atoms with Crippen LogP contribution in [-0.4, -0.2) is 90.2 Å². The smallest absolute Gasteiger partial charge is 0.330 e. The number of aromatic nitrogens is 3. The Kier molecular flexibility index (Phi) is 8.17. The highest BCUT2D eigenvalue weighted by Crippen LogP contribution is 2.36. The Morgan fingerprint density at radius 1 is 1.12 bits per heavy atom. The van der Waals surface area contributed by atoms with Crippen LogP contribution in [0.3, 0.4) is 0 Å². The summed E-state index contributed by atoms with van der Waals surface area (Å²) in [6.07, 6.45) is -9.71. The lowest BCUT2D eigenvalue weighted by atomic mass is 9.94. The minimum atomic E-state index is -1.84. The molecule has 2 amide bonds. The number of pyridine rings is 1. The van der Waals surface area contributed by atoms with Crippen LogP contribution in [-0.2, 0) is 23.8 Å². The van der Waals surface area contributed by atoms with Crippen LogP contribution in [0.2, 0.25) is 0 Å². The first-order valence-corrected chi connectivity index (χ1v) is 12.7. The quantitative estimate of drug-likeness (QED) is 0.144. The number of benzene rings is 1. The Morgan fingerprint density at radius 3 is 2.60 bits per heavy atom. The Bertz CT molecular complexity index is 1640. The molecule has 1 aromatic carbocycles. The van der Waals surface area contributed by atoms with E-state index >= 15 is 0 Å². The zero-order valence-corrected chi connectivity index (χ0v) is 21.6. The number of rotatable bonds is 8. The van der Waals surface area contributed by atoms with Crippen molar-refractivity contribution in [1.29, 1.82) is 0 Å². The summed E-state index contributed by atoms with van der Waals surface area (Å²) < 4.78 is 17.6. The third kappa shape index (κ3) is 5.67. The van der Waals surface area contributed by atoms with Crippen LogP contribution in [0.5, 0.6) is 0 Å². The molecule has 0 saturated carbocycles. The minimum Gasteiger partial charge on any atom is -0.456 e. The number of H-pyrrole nitrogens is 1. The van der Waals surface area contributed by atoms with E-state index in [1.54, 1.807) is 24.3 Å². The number of ether oxygens (including phenoxy) is 3.